The summed E-state index contributed by atoms with van der Waals surface area (Å²) >= 11 is 0. The number of nitrogens with one attached hydrogen (secondary N) is 1. The molecule has 0 aromatic carbocycles. The van der Waals surface area contributed by atoms with E-state index < -0.39 is 11.5 Å². The van der Waals surface area contributed by atoms with Crippen LogP contribution in [0, 0.1) is 11.8 Å². The Morgan fingerprint density at radius 1 is 1.22 bits per heavy atom. The van der Waals surface area contributed by atoms with Crippen LogP contribution in [-0.2, 0) is 0 Å². The molecule has 18 heavy (non-hydrogen) atoms. The van der Waals surface area contributed by atoms with E-state index in [1.807, 2.05) is 0 Å². The Balaban J connectivity index is 1.71. The van der Waals surface area contributed by atoms with Crippen LogP contribution in [0.1, 0.15) is 51.9 Å². The highest BCUT2D eigenvalue weighted by Crippen LogP contribution is 2.57. The Morgan fingerprint density at radius 3 is 2.33 bits per heavy atom. The van der Waals surface area contributed by atoms with Gasteiger partial charge in [-0.05, 0) is 50.4 Å². The van der Waals surface area contributed by atoms with Crippen molar-refractivity contribution in [3.63, 3.8) is 0 Å². The highest BCUT2D eigenvalue weighted by molar-refractivity contribution is 5.12. The molecule has 2 N–H and O–H groups in total. The monoisotopic (exact) mass is 259 g/mol. The van der Waals surface area contributed by atoms with Gasteiger partial charge in [0.25, 0.3) is 5.92 Å². The average Bonchev–Trinajstić information content (AvgIpc) is 2.23. The van der Waals surface area contributed by atoms with Crippen molar-refractivity contribution in [2.75, 3.05) is 6.54 Å². The summed E-state index contributed by atoms with van der Waals surface area (Å²) in [7, 11) is 0. The lowest BCUT2D eigenvalue weighted by molar-refractivity contribution is -0.147. The van der Waals surface area contributed by atoms with Gasteiger partial charge in [0.05, 0.1) is 12.1 Å². The molecule has 0 amide bonds. The highest BCUT2D eigenvalue weighted by Gasteiger charge is 2.57. The number of alkyl halides is 2. The second-order valence-electron chi connectivity index (χ2n) is 7.03. The molecule has 0 spiro atoms. The number of hydrogen-bond acceptors (Lipinski definition) is 2. The molecule has 4 heteroatoms. The van der Waals surface area contributed by atoms with Crippen LogP contribution in [0.15, 0.2) is 0 Å². The van der Waals surface area contributed by atoms with E-state index in [9.17, 15) is 13.9 Å². The number of halogens is 2. The smallest absolute Gasteiger partial charge is 0.260 e. The first-order valence-electron chi connectivity index (χ1n) is 7.19. The summed E-state index contributed by atoms with van der Waals surface area (Å²) in [6, 6.07) is 0. The van der Waals surface area contributed by atoms with Crippen LogP contribution in [0.4, 0.5) is 8.78 Å². The molecule has 0 heterocycles. The first kappa shape index (κ1) is 12.8. The van der Waals surface area contributed by atoms with E-state index in [0.29, 0.717) is 18.3 Å². The van der Waals surface area contributed by atoms with E-state index in [1.54, 1.807) is 0 Å². The van der Waals surface area contributed by atoms with Crippen LogP contribution in [0.5, 0.6) is 0 Å². The molecule has 2 unspecified atom stereocenters. The maximum Gasteiger partial charge on any atom is 0.260 e. The molecular weight excluding hydrogens is 236 g/mol. The van der Waals surface area contributed by atoms with Gasteiger partial charge < -0.3 is 10.4 Å². The maximum atomic E-state index is 13.4. The third kappa shape index (κ3) is 2.18. The second kappa shape index (κ2) is 3.89. The lowest BCUT2D eigenvalue weighted by atomic mass is 9.51. The molecule has 4 rings (SSSR count). The molecule has 0 radical (unpaired) electrons. The van der Waals surface area contributed by atoms with Gasteiger partial charge in [0.2, 0.25) is 0 Å². The fraction of sp³-hybridized carbons (Fsp3) is 1.00. The Hall–Kier alpha value is -0.220. The van der Waals surface area contributed by atoms with Crippen LogP contribution in [0.25, 0.3) is 0 Å². The van der Waals surface area contributed by atoms with E-state index in [0.717, 1.165) is 25.7 Å². The molecule has 4 aliphatic carbocycles. The minimum Gasteiger partial charge on any atom is -0.390 e. The fourth-order valence-electron chi connectivity index (χ4n) is 4.86. The zero-order valence-electron chi connectivity index (χ0n) is 11.0. The Morgan fingerprint density at radius 2 is 1.83 bits per heavy atom. The van der Waals surface area contributed by atoms with Gasteiger partial charge in [-0.15, -0.1) is 0 Å². The van der Waals surface area contributed by atoms with Crippen LogP contribution in [-0.4, -0.2) is 28.7 Å². The SMILES string of the molecule is CCC(F)(F)CNC12CC3CC(CC(O)(C3)C1)C2. The van der Waals surface area contributed by atoms with Crippen molar-refractivity contribution in [2.45, 2.75) is 68.9 Å². The summed E-state index contributed by atoms with van der Waals surface area (Å²) < 4.78 is 26.8. The predicted octanol–water partition coefficient (Wildman–Crippen LogP) is 2.71. The van der Waals surface area contributed by atoms with Crippen LogP contribution in [0.3, 0.4) is 0 Å². The van der Waals surface area contributed by atoms with Crippen molar-refractivity contribution >= 4 is 0 Å². The summed E-state index contributed by atoms with van der Waals surface area (Å²) in [5.74, 6) is -1.54. The van der Waals surface area contributed by atoms with Gasteiger partial charge in [-0.1, -0.05) is 6.92 Å². The quantitative estimate of drug-likeness (QED) is 0.813. The molecule has 104 valence electrons. The zero-order valence-corrected chi connectivity index (χ0v) is 11.0. The van der Waals surface area contributed by atoms with Gasteiger partial charge in [-0.2, -0.15) is 0 Å². The number of rotatable bonds is 4. The molecular formula is C14H23F2NO. The predicted molar refractivity (Wildman–Crippen MR) is 65.6 cm³/mol. The van der Waals surface area contributed by atoms with E-state index in [1.165, 1.54) is 13.3 Å². The molecule has 4 saturated carbocycles. The van der Waals surface area contributed by atoms with E-state index in [2.05, 4.69) is 5.32 Å². The van der Waals surface area contributed by atoms with Crippen molar-refractivity contribution in [2.24, 2.45) is 11.8 Å². The molecule has 2 nitrogen and oxygen atoms in total. The van der Waals surface area contributed by atoms with E-state index >= 15 is 0 Å². The zero-order chi connectivity index (χ0) is 13.0. The van der Waals surface area contributed by atoms with Crippen molar-refractivity contribution in [1.82, 2.24) is 5.32 Å². The minimum atomic E-state index is -2.62. The van der Waals surface area contributed by atoms with Gasteiger partial charge >= 0.3 is 0 Å². The topological polar surface area (TPSA) is 32.3 Å². The summed E-state index contributed by atoms with van der Waals surface area (Å²) in [6.07, 6.45) is 5.47. The van der Waals surface area contributed by atoms with Crippen molar-refractivity contribution in [3.05, 3.63) is 0 Å². The molecule has 0 saturated heterocycles. The Labute approximate surface area is 107 Å². The van der Waals surface area contributed by atoms with Crippen LogP contribution in [0.2, 0.25) is 0 Å². The van der Waals surface area contributed by atoms with Gasteiger partial charge in [-0.3, -0.25) is 0 Å². The minimum absolute atomic E-state index is 0.118. The van der Waals surface area contributed by atoms with Crippen molar-refractivity contribution in [3.8, 4) is 0 Å². The van der Waals surface area contributed by atoms with Crippen LogP contribution >= 0.6 is 0 Å². The van der Waals surface area contributed by atoms with Crippen molar-refractivity contribution in [1.29, 1.82) is 0 Å². The normalized spacial score (nSPS) is 46.7. The number of aliphatic hydroxyl groups is 1. The molecule has 4 aliphatic rings. The third-order valence-electron chi connectivity index (χ3n) is 5.27. The summed E-state index contributed by atoms with van der Waals surface area (Å²) in [4.78, 5) is 0. The standard InChI is InChI=1S/C14H23F2NO/c1-2-14(15,16)9-17-12-4-10-3-11(5-12)7-13(18,6-10)8-12/h10-11,17-18H,2-9H2,1H3. The molecule has 0 aromatic rings. The molecule has 2 atom stereocenters. The number of hydrogen-bond donors (Lipinski definition) is 2. The average molecular weight is 259 g/mol. The van der Waals surface area contributed by atoms with E-state index in [4.69, 9.17) is 0 Å². The first-order chi connectivity index (χ1) is 8.34. The third-order valence-corrected chi connectivity index (χ3v) is 5.27. The largest absolute Gasteiger partial charge is 0.390 e. The Bertz CT molecular complexity index is 331. The maximum absolute atomic E-state index is 13.4. The molecule has 0 aliphatic heterocycles. The summed E-state index contributed by atoms with van der Waals surface area (Å²) in [5.41, 5.74) is -0.782. The highest BCUT2D eigenvalue weighted by atomic mass is 19.3. The Kier molecular flexibility index (Phi) is 2.76. The molecule has 4 bridgehead atoms. The summed E-state index contributed by atoms with van der Waals surface area (Å²) in [6.45, 7) is 1.29. The molecule has 0 aromatic heterocycles. The van der Waals surface area contributed by atoms with Gasteiger partial charge in [-0.25, -0.2) is 8.78 Å². The fourth-order valence-corrected chi connectivity index (χ4v) is 4.86. The molecule has 4 fully saturated rings. The van der Waals surface area contributed by atoms with Crippen molar-refractivity contribution < 1.29 is 13.9 Å². The summed E-state index contributed by atoms with van der Waals surface area (Å²) in [5, 5.41) is 13.7. The lowest BCUT2D eigenvalue weighted by Crippen LogP contribution is -2.65. The second-order valence-corrected chi connectivity index (χ2v) is 7.03. The van der Waals surface area contributed by atoms with Crippen LogP contribution < -0.4 is 5.32 Å². The lowest BCUT2D eigenvalue weighted by Gasteiger charge is -2.60. The first-order valence-corrected chi connectivity index (χ1v) is 7.19. The van der Waals surface area contributed by atoms with E-state index in [-0.39, 0.29) is 18.5 Å². The van der Waals surface area contributed by atoms with Gasteiger partial charge in [0.1, 0.15) is 0 Å². The van der Waals surface area contributed by atoms with Gasteiger partial charge in [0, 0.05) is 12.0 Å². The van der Waals surface area contributed by atoms with Gasteiger partial charge in [0.15, 0.2) is 0 Å².